The molecule has 0 aromatic carbocycles. The van der Waals surface area contributed by atoms with Crippen LogP contribution in [0, 0.1) is 5.92 Å². The Bertz CT molecular complexity index is 139. The highest BCUT2D eigenvalue weighted by Crippen LogP contribution is 2.41. The van der Waals surface area contributed by atoms with Gasteiger partial charge in [0.1, 0.15) is 0 Å². The second-order valence-electron chi connectivity index (χ2n) is 2.97. The highest BCUT2D eigenvalue weighted by molar-refractivity contribution is 5.16. The summed E-state index contributed by atoms with van der Waals surface area (Å²) in [5.41, 5.74) is -0.370. The van der Waals surface area contributed by atoms with Gasteiger partial charge in [0, 0.05) is 0 Å². The first-order valence-corrected chi connectivity index (χ1v) is 3.20. The topological polar surface area (TPSA) is 20.2 Å². The third-order valence-corrected chi connectivity index (χ3v) is 2.24. The molecule has 1 N–H and O–H groups in total. The first-order valence-electron chi connectivity index (χ1n) is 3.20. The van der Waals surface area contributed by atoms with Crippen molar-refractivity contribution in [2.45, 2.75) is 24.9 Å². The Morgan fingerprint density at radius 2 is 2.50 bits per heavy atom. The summed E-state index contributed by atoms with van der Waals surface area (Å²) in [6, 6.07) is 0. The van der Waals surface area contributed by atoms with E-state index in [1.54, 1.807) is 0 Å². The second kappa shape index (κ2) is 1.16. The Labute approximate surface area is 49.0 Å². The van der Waals surface area contributed by atoms with Crippen molar-refractivity contribution in [2.75, 3.05) is 0 Å². The summed E-state index contributed by atoms with van der Waals surface area (Å²) >= 11 is 0. The molecule has 2 aliphatic carbocycles. The summed E-state index contributed by atoms with van der Waals surface area (Å²) in [5, 5.41) is 9.45. The lowest BCUT2D eigenvalue weighted by Crippen LogP contribution is -2.17. The molecule has 1 heteroatoms. The first-order chi connectivity index (χ1) is 3.79. The van der Waals surface area contributed by atoms with Crippen LogP contribution < -0.4 is 0 Å². The zero-order valence-electron chi connectivity index (χ0n) is 4.80. The highest BCUT2D eigenvalue weighted by atomic mass is 16.3. The molecule has 0 radical (unpaired) electrons. The van der Waals surface area contributed by atoms with Gasteiger partial charge in [0.25, 0.3) is 0 Å². The van der Waals surface area contributed by atoms with Crippen LogP contribution >= 0.6 is 0 Å². The Morgan fingerprint density at radius 1 is 1.62 bits per heavy atom. The van der Waals surface area contributed by atoms with Crippen molar-refractivity contribution < 1.29 is 5.11 Å². The molecule has 1 nitrogen and oxygen atoms in total. The first kappa shape index (κ1) is 4.57. The maximum atomic E-state index is 9.45. The van der Waals surface area contributed by atoms with Crippen LogP contribution in [0.4, 0.5) is 0 Å². The summed E-state index contributed by atoms with van der Waals surface area (Å²) in [6.07, 6.45) is 7.29. The fourth-order valence-corrected chi connectivity index (χ4v) is 1.72. The van der Waals surface area contributed by atoms with E-state index in [0.29, 0.717) is 5.92 Å². The molecular weight excluding hydrogens is 100 g/mol. The van der Waals surface area contributed by atoms with E-state index in [1.807, 2.05) is 6.08 Å². The van der Waals surface area contributed by atoms with E-state index >= 15 is 0 Å². The van der Waals surface area contributed by atoms with Crippen LogP contribution in [0.1, 0.15) is 19.3 Å². The number of aliphatic hydroxyl groups is 1. The van der Waals surface area contributed by atoms with Crippen molar-refractivity contribution in [3.63, 3.8) is 0 Å². The normalized spacial score (nSPS) is 50.9. The third kappa shape index (κ3) is 0.451. The van der Waals surface area contributed by atoms with Gasteiger partial charge < -0.3 is 5.11 Å². The van der Waals surface area contributed by atoms with E-state index in [1.165, 1.54) is 6.42 Å². The fourth-order valence-electron chi connectivity index (χ4n) is 1.72. The molecule has 2 aliphatic rings. The van der Waals surface area contributed by atoms with E-state index in [9.17, 15) is 5.11 Å². The molecule has 0 heterocycles. The van der Waals surface area contributed by atoms with Crippen molar-refractivity contribution in [3.8, 4) is 0 Å². The fraction of sp³-hybridized carbons (Fsp3) is 0.714. The Kier molecular flexibility index (Phi) is 0.662. The molecule has 0 saturated heterocycles. The van der Waals surface area contributed by atoms with Crippen LogP contribution in [-0.4, -0.2) is 10.7 Å². The summed E-state index contributed by atoms with van der Waals surface area (Å²) in [5.74, 6) is 0.708. The van der Waals surface area contributed by atoms with Crippen LogP contribution in [0.15, 0.2) is 12.2 Å². The van der Waals surface area contributed by atoms with Crippen LogP contribution in [0.3, 0.4) is 0 Å². The van der Waals surface area contributed by atoms with Crippen LogP contribution in [0.2, 0.25) is 0 Å². The van der Waals surface area contributed by atoms with Crippen LogP contribution in [0.5, 0.6) is 0 Å². The zero-order chi connectivity index (χ0) is 5.61. The molecule has 2 bridgehead atoms. The van der Waals surface area contributed by atoms with Gasteiger partial charge in [0.15, 0.2) is 0 Å². The standard InChI is InChI=1S/C7H10O/c8-7-3-1-6(5-7)2-4-7/h1,3,6,8H,2,4-5H2/t6-,7+/m0/s1. The van der Waals surface area contributed by atoms with E-state index in [0.717, 1.165) is 12.8 Å². The van der Waals surface area contributed by atoms with E-state index in [-0.39, 0.29) is 5.60 Å². The monoisotopic (exact) mass is 110 g/mol. The molecule has 0 aromatic heterocycles. The number of rotatable bonds is 0. The average molecular weight is 110 g/mol. The predicted octanol–water partition coefficient (Wildman–Crippen LogP) is 1.09. The van der Waals surface area contributed by atoms with Gasteiger partial charge in [-0.2, -0.15) is 0 Å². The number of hydrogen-bond donors (Lipinski definition) is 1. The predicted molar refractivity (Wildman–Crippen MR) is 31.4 cm³/mol. The van der Waals surface area contributed by atoms with Gasteiger partial charge >= 0.3 is 0 Å². The third-order valence-electron chi connectivity index (χ3n) is 2.24. The van der Waals surface area contributed by atoms with Crippen molar-refractivity contribution >= 4 is 0 Å². The van der Waals surface area contributed by atoms with E-state index < -0.39 is 0 Å². The molecule has 8 heavy (non-hydrogen) atoms. The van der Waals surface area contributed by atoms with Crippen LogP contribution in [0.25, 0.3) is 0 Å². The quantitative estimate of drug-likeness (QED) is 0.463. The molecule has 0 spiro atoms. The second-order valence-corrected chi connectivity index (χ2v) is 2.97. The van der Waals surface area contributed by atoms with Crippen molar-refractivity contribution in [1.29, 1.82) is 0 Å². The highest BCUT2D eigenvalue weighted by Gasteiger charge is 2.38. The maximum Gasteiger partial charge on any atom is 0.0833 e. The molecular formula is C7H10O. The number of fused-ring (bicyclic) bond motifs is 2. The van der Waals surface area contributed by atoms with E-state index in [2.05, 4.69) is 6.08 Å². The lowest BCUT2D eigenvalue weighted by atomic mass is 10.0. The molecule has 1 fully saturated rings. The van der Waals surface area contributed by atoms with Gasteiger partial charge in [-0.25, -0.2) is 0 Å². The van der Waals surface area contributed by atoms with Crippen molar-refractivity contribution in [2.24, 2.45) is 5.92 Å². The molecule has 1 saturated carbocycles. The Balaban J connectivity index is 2.33. The van der Waals surface area contributed by atoms with Crippen LogP contribution in [-0.2, 0) is 0 Å². The van der Waals surface area contributed by atoms with Gasteiger partial charge in [0.05, 0.1) is 5.60 Å². The molecule has 0 aliphatic heterocycles. The van der Waals surface area contributed by atoms with Gasteiger partial charge in [-0.05, 0) is 25.2 Å². The smallest absolute Gasteiger partial charge is 0.0833 e. The Morgan fingerprint density at radius 3 is 2.62 bits per heavy atom. The molecule has 0 aromatic rings. The molecule has 0 amide bonds. The van der Waals surface area contributed by atoms with Gasteiger partial charge in [-0.3, -0.25) is 0 Å². The molecule has 0 unspecified atom stereocenters. The van der Waals surface area contributed by atoms with Gasteiger partial charge in [-0.15, -0.1) is 0 Å². The molecule has 2 atom stereocenters. The van der Waals surface area contributed by atoms with E-state index in [4.69, 9.17) is 0 Å². The molecule has 44 valence electrons. The number of hydrogen-bond acceptors (Lipinski definition) is 1. The summed E-state index contributed by atoms with van der Waals surface area (Å²) in [6.45, 7) is 0. The minimum atomic E-state index is -0.370. The lowest BCUT2D eigenvalue weighted by molar-refractivity contribution is 0.103. The average Bonchev–Trinajstić information content (AvgIpc) is 2.21. The number of allylic oxidation sites excluding steroid dienone is 1. The van der Waals surface area contributed by atoms with Crippen molar-refractivity contribution in [1.82, 2.24) is 0 Å². The SMILES string of the molecule is O[C@]12C=C[C@@H](CC1)C2. The van der Waals surface area contributed by atoms with Gasteiger partial charge in [0.2, 0.25) is 0 Å². The molecule has 2 rings (SSSR count). The maximum absolute atomic E-state index is 9.45. The zero-order valence-corrected chi connectivity index (χ0v) is 4.80. The van der Waals surface area contributed by atoms with Gasteiger partial charge in [-0.1, -0.05) is 12.2 Å². The van der Waals surface area contributed by atoms with Crippen molar-refractivity contribution in [3.05, 3.63) is 12.2 Å². The summed E-state index contributed by atoms with van der Waals surface area (Å²) in [7, 11) is 0. The lowest BCUT2D eigenvalue weighted by Gasteiger charge is -2.13. The largest absolute Gasteiger partial charge is 0.386 e. The minimum absolute atomic E-state index is 0.370. The minimum Gasteiger partial charge on any atom is -0.386 e. The summed E-state index contributed by atoms with van der Waals surface area (Å²) in [4.78, 5) is 0. The Hall–Kier alpha value is -0.300. The summed E-state index contributed by atoms with van der Waals surface area (Å²) < 4.78 is 0.